The summed E-state index contributed by atoms with van der Waals surface area (Å²) in [6.07, 6.45) is 5.07. The smallest absolute Gasteiger partial charge is 0.188 e. The third kappa shape index (κ3) is 2.20. The molecule has 0 radical (unpaired) electrons. The maximum absolute atomic E-state index is 13.3. The number of benzene rings is 1. The number of halogens is 1. The highest BCUT2D eigenvalue weighted by atomic mass is 19.1. The number of ether oxygens (including phenoxy) is 2. The summed E-state index contributed by atoms with van der Waals surface area (Å²) < 4.78 is 22.8. The molecule has 0 aliphatic rings. The molecule has 0 bridgehead atoms. The van der Waals surface area contributed by atoms with Crippen molar-refractivity contribution in [3.63, 3.8) is 0 Å². The molecule has 1 aromatic carbocycles. The largest absolute Gasteiger partial charge is 0.464 e. The SMILES string of the molecule is C#Cc1cccc(OCOC)c1F. The molecule has 3 heteroatoms. The lowest BCUT2D eigenvalue weighted by Gasteiger charge is -2.05. The topological polar surface area (TPSA) is 18.5 Å². The van der Waals surface area contributed by atoms with Gasteiger partial charge in [0.05, 0.1) is 5.56 Å². The van der Waals surface area contributed by atoms with Gasteiger partial charge < -0.3 is 9.47 Å². The molecule has 0 N–H and O–H groups in total. The molecule has 0 unspecified atom stereocenters. The number of hydrogen-bond donors (Lipinski definition) is 0. The quantitative estimate of drug-likeness (QED) is 0.521. The maximum atomic E-state index is 13.3. The molecule has 0 aromatic heterocycles. The van der Waals surface area contributed by atoms with Crippen LogP contribution in [0.3, 0.4) is 0 Å². The fourth-order valence-electron chi connectivity index (χ4n) is 0.856. The molecule has 0 aliphatic heterocycles. The highest BCUT2D eigenvalue weighted by Crippen LogP contribution is 2.19. The molecule has 0 spiro atoms. The highest BCUT2D eigenvalue weighted by molar-refractivity contribution is 5.40. The van der Waals surface area contributed by atoms with Gasteiger partial charge in [-0.2, -0.15) is 0 Å². The summed E-state index contributed by atoms with van der Waals surface area (Å²) in [7, 11) is 1.46. The molecule has 0 saturated carbocycles. The van der Waals surface area contributed by atoms with Gasteiger partial charge in [-0.25, -0.2) is 4.39 Å². The van der Waals surface area contributed by atoms with Gasteiger partial charge in [-0.1, -0.05) is 12.0 Å². The van der Waals surface area contributed by atoms with Crippen molar-refractivity contribution in [2.45, 2.75) is 0 Å². The second kappa shape index (κ2) is 4.48. The third-order valence-corrected chi connectivity index (χ3v) is 1.45. The van der Waals surface area contributed by atoms with Gasteiger partial charge in [-0.05, 0) is 12.1 Å². The molecular weight excluding hydrogens is 171 g/mol. The molecule has 0 saturated heterocycles. The number of rotatable bonds is 3. The van der Waals surface area contributed by atoms with E-state index < -0.39 is 5.82 Å². The van der Waals surface area contributed by atoms with E-state index in [0.717, 1.165) is 0 Å². The lowest BCUT2D eigenvalue weighted by molar-refractivity contribution is 0.0482. The number of hydrogen-bond acceptors (Lipinski definition) is 2. The Labute approximate surface area is 76.3 Å². The zero-order chi connectivity index (χ0) is 9.68. The van der Waals surface area contributed by atoms with Crippen molar-refractivity contribution >= 4 is 0 Å². The Morgan fingerprint density at radius 3 is 2.92 bits per heavy atom. The number of methoxy groups -OCH3 is 1. The fourth-order valence-corrected chi connectivity index (χ4v) is 0.856. The van der Waals surface area contributed by atoms with E-state index >= 15 is 0 Å². The predicted molar refractivity (Wildman–Crippen MR) is 46.8 cm³/mol. The van der Waals surface area contributed by atoms with Crippen LogP contribution in [0.15, 0.2) is 18.2 Å². The summed E-state index contributed by atoms with van der Waals surface area (Å²) in [5.74, 6) is 1.80. The summed E-state index contributed by atoms with van der Waals surface area (Å²) in [6, 6.07) is 4.63. The zero-order valence-corrected chi connectivity index (χ0v) is 7.21. The van der Waals surface area contributed by atoms with Crippen molar-refractivity contribution in [3.05, 3.63) is 29.6 Å². The molecule has 0 amide bonds. The minimum atomic E-state index is -0.526. The molecule has 0 fully saturated rings. The highest BCUT2D eigenvalue weighted by Gasteiger charge is 2.06. The Bertz CT molecular complexity index is 328. The summed E-state index contributed by atoms with van der Waals surface area (Å²) in [5.41, 5.74) is 0.189. The third-order valence-electron chi connectivity index (χ3n) is 1.45. The van der Waals surface area contributed by atoms with Gasteiger partial charge in [0.2, 0.25) is 0 Å². The van der Waals surface area contributed by atoms with E-state index in [1.165, 1.54) is 19.2 Å². The van der Waals surface area contributed by atoms with Crippen LogP contribution in [-0.4, -0.2) is 13.9 Å². The normalized spacial score (nSPS) is 9.31. The second-order valence-corrected chi connectivity index (χ2v) is 2.31. The van der Waals surface area contributed by atoms with Crippen molar-refractivity contribution in [1.29, 1.82) is 0 Å². The van der Waals surface area contributed by atoms with Gasteiger partial charge in [0.15, 0.2) is 18.4 Å². The van der Waals surface area contributed by atoms with Crippen molar-refractivity contribution in [1.82, 2.24) is 0 Å². The summed E-state index contributed by atoms with van der Waals surface area (Å²) in [5, 5.41) is 0. The van der Waals surface area contributed by atoms with Crippen molar-refractivity contribution in [2.75, 3.05) is 13.9 Å². The molecule has 2 nitrogen and oxygen atoms in total. The van der Waals surface area contributed by atoms with Crippen LogP contribution >= 0.6 is 0 Å². The number of terminal acetylenes is 1. The molecule has 1 rings (SSSR count). The van der Waals surface area contributed by atoms with E-state index in [1.807, 2.05) is 0 Å². The molecule has 0 aliphatic carbocycles. The monoisotopic (exact) mass is 180 g/mol. The Kier molecular flexibility index (Phi) is 3.30. The molecular formula is C10H9FO2. The van der Waals surface area contributed by atoms with Gasteiger partial charge in [0.25, 0.3) is 0 Å². The Hall–Kier alpha value is -1.53. The molecule has 0 heterocycles. The van der Waals surface area contributed by atoms with Crippen LogP contribution in [-0.2, 0) is 4.74 Å². The van der Waals surface area contributed by atoms with E-state index in [9.17, 15) is 4.39 Å². The lowest BCUT2D eigenvalue weighted by atomic mass is 10.2. The maximum Gasteiger partial charge on any atom is 0.188 e. The minimum absolute atomic E-state index is 0.00491. The fraction of sp³-hybridized carbons (Fsp3) is 0.200. The second-order valence-electron chi connectivity index (χ2n) is 2.31. The van der Waals surface area contributed by atoms with Crippen LogP contribution in [0.25, 0.3) is 0 Å². The molecule has 68 valence electrons. The van der Waals surface area contributed by atoms with E-state index in [4.69, 9.17) is 11.2 Å². The first kappa shape index (κ1) is 9.56. The molecule has 1 aromatic rings. The lowest BCUT2D eigenvalue weighted by Crippen LogP contribution is -2.01. The zero-order valence-electron chi connectivity index (χ0n) is 7.21. The predicted octanol–water partition coefficient (Wildman–Crippen LogP) is 1.79. The Morgan fingerprint density at radius 2 is 2.31 bits per heavy atom. The van der Waals surface area contributed by atoms with E-state index in [0.29, 0.717) is 0 Å². The van der Waals surface area contributed by atoms with Gasteiger partial charge in [-0.15, -0.1) is 6.42 Å². The van der Waals surface area contributed by atoms with Gasteiger partial charge in [0.1, 0.15) is 0 Å². The summed E-state index contributed by atoms with van der Waals surface area (Å²) in [6.45, 7) is 0.00491. The van der Waals surface area contributed by atoms with Crippen LogP contribution in [0, 0.1) is 18.2 Å². The first-order chi connectivity index (χ1) is 6.29. The molecule has 0 atom stereocenters. The van der Waals surface area contributed by atoms with Crippen molar-refractivity contribution in [2.24, 2.45) is 0 Å². The van der Waals surface area contributed by atoms with Crippen molar-refractivity contribution in [3.8, 4) is 18.1 Å². The van der Waals surface area contributed by atoms with Crippen LogP contribution < -0.4 is 4.74 Å². The first-order valence-corrected chi connectivity index (χ1v) is 3.66. The average Bonchev–Trinajstić information content (AvgIpc) is 2.16. The van der Waals surface area contributed by atoms with Gasteiger partial charge >= 0.3 is 0 Å². The van der Waals surface area contributed by atoms with Crippen LogP contribution in [0.2, 0.25) is 0 Å². The Balaban J connectivity index is 2.90. The summed E-state index contributed by atoms with van der Waals surface area (Å²) in [4.78, 5) is 0. The Morgan fingerprint density at radius 1 is 1.54 bits per heavy atom. The van der Waals surface area contributed by atoms with Gasteiger partial charge in [0, 0.05) is 7.11 Å². The van der Waals surface area contributed by atoms with Crippen molar-refractivity contribution < 1.29 is 13.9 Å². The van der Waals surface area contributed by atoms with E-state index in [1.54, 1.807) is 6.07 Å². The first-order valence-electron chi connectivity index (χ1n) is 3.66. The van der Waals surface area contributed by atoms with Crippen LogP contribution in [0.4, 0.5) is 4.39 Å². The van der Waals surface area contributed by atoms with E-state index in [2.05, 4.69) is 10.7 Å². The van der Waals surface area contributed by atoms with Gasteiger partial charge in [-0.3, -0.25) is 0 Å². The summed E-state index contributed by atoms with van der Waals surface area (Å²) >= 11 is 0. The van der Waals surface area contributed by atoms with E-state index in [-0.39, 0.29) is 18.1 Å². The molecule has 13 heavy (non-hydrogen) atoms. The van der Waals surface area contributed by atoms with Crippen LogP contribution in [0.5, 0.6) is 5.75 Å². The average molecular weight is 180 g/mol. The minimum Gasteiger partial charge on any atom is -0.464 e. The standard InChI is InChI=1S/C10H9FO2/c1-3-8-5-4-6-9(10(8)11)13-7-12-2/h1,4-6H,7H2,2H3. The van der Waals surface area contributed by atoms with Crippen LogP contribution in [0.1, 0.15) is 5.56 Å².